The third-order valence-electron chi connectivity index (χ3n) is 3.91. The third kappa shape index (κ3) is 3.19. The SMILES string of the molecule is CCC(CC)c1ccc(Cl)cc1-c1ccc(Cl)c(C)c1. The molecule has 0 unspecified atom stereocenters. The van der Waals surface area contributed by atoms with E-state index in [4.69, 9.17) is 23.2 Å². The molecule has 0 aromatic heterocycles. The molecular weight excluding hydrogens is 287 g/mol. The van der Waals surface area contributed by atoms with E-state index in [-0.39, 0.29) is 0 Å². The molecule has 106 valence electrons. The van der Waals surface area contributed by atoms with E-state index in [1.807, 2.05) is 19.1 Å². The zero-order valence-electron chi connectivity index (χ0n) is 12.2. The van der Waals surface area contributed by atoms with E-state index in [1.54, 1.807) is 0 Å². The van der Waals surface area contributed by atoms with Gasteiger partial charge in [-0.2, -0.15) is 0 Å². The Morgan fingerprint density at radius 2 is 1.65 bits per heavy atom. The van der Waals surface area contributed by atoms with Crippen molar-refractivity contribution < 1.29 is 0 Å². The standard InChI is InChI=1S/C18H20Cl2/c1-4-13(5-2)16-8-7-15(19)11-17(16)14-6-9-18(20)12(3)10-14/h6-11,13H,4-5H2,1-3H3. The average molecular weight is 307 g/mol. The molecule has 0 atom stereocenters. The molecular formula is C18H20Cl2. The Morgan fingerprint density at radius 1 is 0.950 bits per heavy atom. The molecule has 0 spiro atoms. The highest BCUT2D eigenvalue weighted by Gasteiger charge is 2.14. The Kier molecular flexibility index (Phi) is 5.12. The second kappa shape index (κ2) is 6.65. The molecule has 2 aromatic carbocycles. The predicted octanol–water partition coefficient (Wildman–Crippen LogP) is 6.87. The van der Waals surface area contributed by atoms with E-state index < -0.39 is 0 Å². The zero-order valence-corrected chi connectivity index (χ0v) is 13.7. The lowest BCUT2D eigenvalue weighted by Gasteiger charge is -2.18. The molecule has 20 heavy (non-hydrogen) atoms. The number of rotatable bonds is 4. The molecule has 0 aliphatic rings. The topological polar surface area (TPSA) is 0 Å². The Morgan fingerprint density at radius 3 is 2.25 bits per heavy atom. The Hall–Kier alpha value is -0.980. The monoisotopic (exact) mass is 306 g/mol. The minimum Gasteiger partial charge on any atom is -0.0843 e. The fourth-order valence-electron chi connectivity index (χ4n) is 2.68. The van der Waals surface area contributed by atoms with Crippen molar-refractivity contribution in [3.8, 4) is 11.1 Å². The van der Waals surface area contributed by atoms with Crippen molar-refractivity contribution in [2.75, 3.05) is 0 Å². The van der Waals surface area contributed by atoms with Crippen molar-refractivity contribution >= 4 is 23.2 Å². The molecule has 2 heteroatoms. The van der Waals surface area contributed by atoms with Gasteiger partial charge in [-0.25, -0.2) is 0 Å². The first kappa shape index (κ1) is 15.4. The van der Waals surface area contributed by atoms with E-state index in [9.17, 15) is 0 Å². The summed E-state index contributed by atoms with van der Waals surface area (Å²) in [6, 6.07) is 12.4. The highest BCUT2D eigenvalue weighted by molar-refractivity contribution is 6.31. The maximum absolute atomic E-state index is 6.20. The number of hydrogen-bond donors (Lipinski definition) is 0. The van der Waals surface area contributed by atoms with Gasteiger partial charge in [0.2, 0.25) is 0 Å². The van der Waals surface area contributed by atoms with Crippen LogP contribution in [0.4, 0.5) is 0 Å². The van der Waals surface area contributed by atoms with Crippen molar-refractivity contribution in [3.63, 3.8) is 0 Å². The summed E-state index contributed by atoms with van der Waals surface area (Å²) in [7, 11) is 0. The zero-order chi connectivity index (χ0) is 14.7. The van der Waals surface area contributed by atoms with Gasteiger partial charge in [-0.3, -0.25) is 0 Å². The first-order valence-corrected chi connectivity index (χ1v) is 7.88. The van der Waals surface area contributed by atoms with Crippen molar-refractivity contribution in [1.82, 2.24) is 0 Å². The lowest BCUT2D eigenvalue weighted by atomic mass is 9.87. The molecule has 0 amide bonds. The van der Waals surface area contributed by atoms with E-state index in [0.717, 1.165) is 28.5 Å². The number of benzene rings is 2. The van der Waals surface area contributed by atoms with E-state index in [2.05, 4.69) is 38.1 Å². The molecule has 0 N–H and O–H groups in total. The summed E-state index contributed by atoms with van der Waals surface area (Å²) >= 11 is 12.3. The Bertz CT molecular complexity index is 598. The van der Waals surface area contributed by atoms with Gasteiger partial charge < -0.3 is 0 Å². The van der Waals surface area contributed by atoms with Crippen molar-refractivity contribution in [1.29, 1.82) is 0 Å². The summed E-state index contributed by atoms with van der Waals surface area (Å²) in [6.07, 6.45) is 2.27. The van der Waals surface area contributed by atoms with Crippen LogP contribution in [0.2, 0.25) is 10.0 Å². The minimum atomic E-state index is 0.568. The Labute approximate surface area is 131 Å². The average Bonchev–Trinajstić information content (AvgIpc) is 2.44. The first-order chi connectivity index (χ1) is 9.56. The molecule has 0 aliphatic carbocycles. The normalized spacial score (nSPS) is 11.1. The van der Waals surface area contributed by atoms with Crippen LogP contribution in [0.25, 0.3) is 11.1 Å². The lowest BCUT2D eigenvalue weighted by molar-refractivity contribution is 0.643. The van der Waals surface area contributed by atoms with Crippen LogP contribution in [0, 0.1) is 6.92 Å². The maximum atomic E-state index is 6.20. The van der Waals surface area contributed by atoms with Crippen LogP contribution in [0.1, 0.15) is 43.7 Å². The largest absolute Gasteiger partial charge is 0.0843 e. The molecule has 2 rings (SSSR count). The van der Waals surface area contributed by atoms with Crippen LogP contribution in [0.3, 0.4) is 0 Å². The van der Waals surface area contributed by atoms with Gasteiger partial charge in [0.25, 0.3) is 0 Å². The highest BCUT2D eigenvalue weighted by Crippen LogP contribution is 2.36. The van der Waals surface area contributed by atoms with E-state index in [0.29, 0.717) is 5.92 Å². The molecule has 0 saturated carbocycles. The molecule has 0 fully saturated rings. The van der Waals surface area contributed by atoms with Crippen LogP contribution in [0.5, 0.6) is 0 Å². The molecule has 0 saturated heterocycles. The molecule has 0 heterocycles. The summed E-state index contributed by atoms with van der Waals surface area (Å²) in [5.74, 6) is 0.568. The summed E-state index contributed by atoms with van der Waals surface area (Å²) < 4.78 is 0. The lowest BCUT2D eigenvalue weighted by Crippen LogP contribution is -1.98. The van der Waals surface area contributed by atoms with Crippen LogP contribution >= 0.6 is 23.2 Å². The number of aryl methyl sites for hydroxylation is 1. The second-order valence-corrected chi connectivity index (χ2v) is 6.05. The van der Waals surface area contributed by atoms with Gasteiger partial charge in [0.1, 0.15) is 0 Å². The summed E-state index contributed by atoms with van der Waals surface area (Å²) in [6.45, 7) is 6.51. The van der Waals surface area contributed by atoms with Crippen molar-refractivity contribution in [2.24, 2.45) is 0 Å². The molecule has 0 bridgehead atoms. The number of hydrogen-bond acceptors (Lipinski definition) is 0. The van der Waals surface area contributed by atoms with Gasteiger partial charge >= 0.3 is 0 Å². The third-order valence-corrected chi connectivity index (χ3v) is 4.57. The second-order valence-electron chi connectivity index (χ2n) is 5.21. The van der Waals surface area contributed by atoms with E-state index in [1.165, 1.54) is 16.7 Å². The van der Waals surface area contributed by atoms with Crippen LogP contribution in [-0.4, -0.2) is 0 Å². The Balaban J connectivity index is 2.59. The van der Waals surface area contributed by atoms with Crippen molar-refractivity contribution in [2.45, 2.75) is 39.5 Å². The highest BCUT2D eigenvalue weighted by atomic mass is 35.5. The van der Waals surface area contributed by atoms with Crippen molar-refractivity contribution in [3.05, 3.63) is 57.6 Å². The fourth-order valence-corrected chi connectivity index (χ4v) is 2.96. The molecule has 2 aromatic rings. The molecule has 0 radical (unpaired) electrons. The van der Waals surface area contributed by atoms with Gasteiger partial charge in [-0.05, 0) is 72.2 Å². The van der Waals surface area contributed by atoms with Gasteiger partial charge in [0.15, 0.2) is 0 Å². The fraction of sp³-hybridized carbons (Fsp3) is 0.333. The predicted molar refractivity (Wildman–Crippen MR) is 90.0 cm³/mol. The van der Waals surface area contributed by atoms with Crippen LogP contribution in [-0.2, 0) is 0 Å². The smallest absolute Gasteiger partial charge is 0.0435 e. The first-order valence-electron chi connectivity index (χ1n) is 7.12. The molecule has 0 nitrogen and oxygen atoms in total. The van der Waals surface area contributed by atoms with Crippen LogP contribution in [0.15, 0.2) is 36.4 Å². The number of halogens is 2. The van der Waals surface area contributed by atoms with Gasteiger partial charge in [0, 0.05) is 10.0 Å². The van der Waals surface area contributed by atoms with Gasteiger partial charge in [-0.1, -0.05) is 49.2 Å². The summed E-state index contributed by atoms with van der Waals surface area (Å²) in [5.41, 5.74) is 4.89. The summed E-state index contributed by atoms with van der Waals surface area (Å²) in [4.78, 5) is 0. The summed E-state index contributed by atoms with van der Waals surface area (Å²) in [5, 5.41) is 1.59. The molecule has 0 aliphatic heterocycles. The minimum absolute atomic E-state index is 0.568. The van der Waals surface area contributed by atoms with Gasteiger partial charge in [0.05, 0.1) is 0 Å². The quantitative estimate of drug-likeness (QED) is 0.578. The van der Waals surface area contributed by atoms with Crippen LogP contribution < -0.4 is 0 Å². The maximum Gasteiger partial charge on any atom is 0.0435 e. The van der Waals surface area contributed by atoms with Gasteiger partial charge in [-0.15, -0.1) is 0 Å². The van der Waals surface area contributed by atoms with E-state index >= 15 is 0 Å².